The summed E-state index contributed by atoms with van der Waals surface area (Å²) in [7, 11) is 0. The molecule has 2 unspecified atom stereocenters. The molecular weight excluding hydrogens is 160 g/mol. The van der Waals surface area contributed by atoms with Gasteiger partial charge in [0, 0.05) is 25.3 Å². The molecule has 13 heavy (non-hydrogen) atoms. The van der Waals surface area contributed by atoms with E-state index in [0.29, 0.717) is 12.1 Å². The minimum absolute atomic E-state index is 0.557. The summed E-state index contributed by atoms with van der Waals surface area (Å²) in [6, 6.07) is 1.17. The summed E-state index contributed by atoms with van der Waals surface area (Å²) in [5, 5.41) is 3.51. The minimum Gasteiger partial charge on any atom is -0.296 e. The van der Waals surface area contributed by atoms with Crippen molar-refractivity contribution >= 4 is 0 Å². The molecule has 2 rings (SSSR count). The average molecular weight is 178 g/mol. The Morgan fingerprint density at radius 1 is 1.38 bits per heavy atom. The number of nitrogens with zero attached hydrogens (tertiary/aromatic N) is 1. The summed E-state index contributed by atoms with van der Waals surface area (Å²) in [4.78, 5) is 2.52. The predicted octanol–water partition coefficient (Wildman–Crippen LogP) is 1.51. The van der Waals surface area contributed by atoms with E-state index in [1.807, 2.05) is 0 Å². The number of unbranched alkanes of at least 4 members (excludes halogenated alkanes) is 1. The first-order valence-corrected chi connectivity index (χ1v) is 5.24. The third-order valence-corrected chi connectivity index (χ3v) is 2.86. The van der Waals surface area contributed by atoms with Gasteiger partial charge in [-0.05, 0) is 6.42 Å². The lowest BCUT2D eigenvalue weighted by molar-refractivity contribution is 0.280. The Morgan fingerprint density at radius 2 is 2.23 bits per heavy atom. The number of hydrogen-bond acceptors (Lipinski definition) is 2. The Bertz CT molecular complexity index is 220. The Hall–Kier alpha value is -0.600. The van der Waals surface area contributed by atoms with E-state index in [2.05, 4.69) is 41.4 Å². The Morgan fingerprint density at radius 3 is 3.08 bits per heavy atom. The highest BCUT2D eigenvalue weighted by Crippen LogP contribution is 2.17. The molecule has 0 bridgehead atoms. The molecule has 0 aromatic carbocycles. The maximum Gasteiger partial charge on any atom is 0.0491 e. The van der Waals surface area contributed by atoms with Crippen LogP contribution in [0, 0.1) is 0 Å². The van der Waals surface area contributed by atoms with Gasteiger partial charge in [0.15, 0.2) is 0 Å². The van der Waals surface area contributed by atoms with Gasteiger partial charge in [0.25, 0.3) is 0 Å². The number of rotatable bonds is 3. The molecule has 2 aliphatic rings. The van der Waals surface area contributed by atoms with Gasteiger partial charge < -0.3 is 0 Å². The van der Waals surface area contributed by atoms with Crippen LogP contribution in [0.2, 0.25) is 0 Å². The van der Waals surface area contributed by atoms with Crippen LogP contribution >= 0.6 is 0 Å². The normalized spacial score (nSPS) is 32.4. The predicted molar refractivity (Wildman–Crippen MR) is 55.5 cm³/mol. The van der Waals surface area contributed by atoms with E-state index in [1.54, 1.807) is 0 Å². The standard InChI is InChI=1S/C11H18N2/c1-2-3-8-13-9-12-10-6-4-5-7-11(10)13/h4-7,10-12H,2-3,8-9H2,1H3. The van der Waals surface area contributed by atoms with Crippen molar-refractivity contribution in [2.45, 2.75) is 31.8 Å². The van der Waals surface area contributed by atoms with Crippen LogP contribution in [0.25, 0.3) is 0 Å². The molecule has 1 N–H and O–H groups in total. The molecule has 0 aromatic rings. The van der Waals surface area contributed by atoms with E-state index in [4.69, 9.17) is 0 Å². The highest BCUT2D eigenvalue weighted by molar-refractivity contribution is 5.22. The van der Waals surface area contributed by atoms with Gasteiger partial charge >= 0.3 is 0 Å². The third kappa shape index (κ3) is 1.84. The highest BCUT2D eigenvalue weighted by atomic mass is 15.3. The minimum atomic E-state index is 0.557. The fraction of sp³-hybridized carbons (Fsp3) is 0.636. The van der Waals surface area contributed by atoms with Crippen molar-refractivity contribution in [2.24, 2.45) is 0 Å². The van der Waals surface area contributed by atoms with Gasteiger partial charge in [-0.2, -0.15) is 0 Å². The molecule has 0 spiro atoms. The zero-order valence-corrected chi connectivity index (χ0v) is 8.24. The lowest BCUT2D eigenvalue weighted by Crippen LogP contribution is -2.34. The summed E-state index contributed by atoms with van der Waals surface area (Å²) in [6.07, 6.45) is 11.5. The van der Waals surface area contributed by atoms with Crippen LogP contribution in [-0.2, 0) is 0 Å². The van der Waals surface area contributed by atoms with Crippen LogP contribution in [0.4, 0.5) is 0 Å². The van der Waals surface area contributed by atoms with Crippen LogP contribution in [0.3, 0.4) is 0 Å². The quantitative estimate of drug-likeness (QED) is 0.704. The smallest absolute Gasteiger partial charge is 0.0491 e. The van der Waals surface area contributed by atoms with Crippen LogP contribution in [0.15, 0.2) is 24.3 Å². The Balaban J connectivity index is 1.93. The number of hydrogen-bond donors (Lipinski definition) is 1. The second-order valence-corrected chi connectivity index (χ2v) is 3.81. The van der Waals surface area contributed by atoms with Crippen molar-refractivity contribution < 1.29 is 0 Å². The molecule has 2 nitrogen and oxygen atoms in total. The molecule has 0 aromatic heterocycles. The Labute approximate surface area is 80.3 Å². The Kier molecular flexibility index (Phi) is 2.81. The molecule has 1 aliphatic heterocycles. The molecule has 72 valence electrons. The van der Waals surface area contributed by atoms with Crippen molar-refractivity contribution in [3.8, 4) is 0 Å². The number of nitrogens with one attached hydrogen (secondary N) is 1. The van der Waals surface area contributed by atoms with Crippen molar-refractivity contribution in [3.05, 3.63) is 24.3 Å². The van der Waals surface area contributed by atoms with Crippen LogP contribution in [0.5, 0.6) is 0 Å². The average Bonchev–Trinajstić information content (AvgIpc) is 2.58. The van der Waals surface area contributed by atoms with Gasteiger partial charge in [-0.25, -0.2) is 0 Å². The molecule has 0 radical (unpaired) electrons. The zero-order chi connectivity index (χ0) is 9.10. The van der Waals surface area contributed by atoms with Gasteiger partial charge in [-0.3, -0.25) is 10.2 Å². The molecule has 0 amide bonds. The molecule has 2 atom stereocenters. The van der Waals surface area contributed by atoms with Gasteiger partial charge in [0.1, 0.15) is 0 Å². The van der Waals surface area contributed by atoms with Crippen molar-refractivity contribution in [1.29, 1.82) is 0 Å². The van der Waals surface area contributed by atoms with Gasteiger partial charge in [0.05, 0.1) is 0 Å². The summed E-state index contributed by atoms with van der Waals surface area (Å²) < 4.78 is 0. The fourth-order valence-electron chi connectivity index (χ4n) is 2.05. The maximum atomic E-state index is 3.51. The highest BCUT2D eigenvalue weighted by Gasteiger charge is 2.30. The zero-order valence-electron chi connectivity index (χ0n) is 8.24. The van der Waals surface area contributed by atoms with Crippen molar-refractivity contribution in [2.75, 3.05) is 13.2 Å². The molecule has 2 heteroatoms. The van der Waals surface area contributed by atoms with E-state index < -0.39 is 0 Å². The molecule has 0 saturated carbocycles. The monoisotopic (exact) mass is 178 g/mol. The molecule has 1 heterocycles. The third-order valence-electron chi connectivity index (χ3n) is 2.86. The van der Waals surface area contributed by atoms with Crippen LogP contribution in [0.1, 0.15) is 19.8 Å². The topological polar surface area (TPSA) is 15.3 Å². The first-order chi connectivity index (χ1) is 6.42. The summed E-state index contributed by atoms with van der Waals surface area (Å²) in [5.41, 5.74) is 0. The van der Waals surface area contributed by atoms with Gasteiger partial charge in [0.2, 0.25) is 0 Å². The lowest BCUT2D eigenvalue weighted by Gasteiger charge is -2.23. The number of allylic oxidation sites excluding steroid dienone is 2. The van der Waals surface area contributed by atoms with Gasteiger partial charge in [-0.15, -0.1) is 0 Å². The second-order valence-electron chi connectivity index (χ2n) is 3.81. The SMILES string of the molecule is CCCCN1CNC2C=CC=CC21. The first kappa shape index (κ1) is 8.97. The molecular formula is C11H18N2. The van der Waals surface area contributed by atoms with E-state index in [9.17, 15) is 0 Å². The van der Waals surface area contributed by atoms with Crippen LogP contribution in [-0.4, -0.2) is 30.2 Å². The maximum absolute atomic E-state index is 3.51. The van der Waals surface area contributed by atoms with E-state index in [0.717, 1.165) is 6.67 Å². The molecule has 1 saturated heterocycles. The summed E-state index contributed by atoms with van der Waals surface area (Å²) in [5.74, 6) is 0. The summed E-state index contributed by atoms with van der Waals surface area (Å²) in [6.45, 7) is 4.52. The van der Waals surface area contributed by atoms with E-state index in [1.165, 1.54) is 19.4 Å². The molecule has 1 fully saturated rings. The number of fused-ring (bicyclic) bond motifs is 1. The lowest BCUT2D eigenvalue weighted by atomic mass is 10.0. The van der Waals surface area contributed by atoms with Crippen molar-refractivity contribution in [3.63, 3.8) is 0 Å². The molecule has 1 aliphatic carbocycles. The first-order valence-electron chi connectivity index (χ1n) is 5.24. The second kappa shape index (κ2) is 4.07. The van der Waals surface area contributed by atoms with Crippen LogP contribution < -0.4 is 5.32 Å². The van der Waals surface area contributed by atoms with E-state index >= 15 is 0 Å². The van der Waals surface area contributed by atoms with Gasteiger partial charge in [-0.1, -0.05) is 37.6 Å². The largest absolute Gasteiger partial charge is 0.296 e. The van der Waals surface area contributed by atoms with E-state index in [-0.39, 0.29) is 0 Å². The fourth-order valence-corrected chi connectivity index (χ4v) is 2.05. The van der Waals surface area contributed by atoms with Crippen molar-refractivity contribution in [1.82, 2.24) is 10.2 Å². The summed E-state index contributed by atoms with van der Waals surface area (Å²) >= 11 is 0.